The number of likely N-dealkylation sites (N-methyl/N-ethyl adjacent to an activating group) is 1. The van der Waals surface area contributed by atoms with Crippen LogP contribution in [0, 0.1) is 11.8 Å². The molecule has 1 amide bonds. The van der Waals surface area contributed by atoms with Crippen LogP contribution >= 0.6 is 0 Å². The summed E-state index contributed by atoms with van der Waals surface area (Å²) in [7, 11) is 0. The molecule has 3 fully saturated rings. The molecule has 0 radical (unpaired) electrons. The van der Waals surface area contributed by atoms with Crippen LogP contribution in [-0.4, -0.2) is 49.2 Å². The molecule has 3 rings (SSSR count). The summed E-state index contributed by atoms with van der Waals surface area (Å²) >= 11 is 0. The fourth-order valence-electron chi connectivity index (χ4n) is 3.93. The van der Waals surface area contributed by atoms with E-state index in [2.05, 4.69) is 17.1 Å². The SMILES string of the molecule is CCNC1COCC1C(=O)N(CC1CCCCC1)C1CC1. The van der Waals surface area contributed by atoms with Crippen molar-refractivity contribution in [2.24, 2.45) is 11.8 Å². The molecule has 4 heteroatoms. The molecule has 1 N–H and O–H groups in total. The van der Waals surface area contributed by atoms with E-state index in [4.69, 9.17) is 4.74 Å². The monoisotopic (exact) mass is 294 g/mol. The van der Waals surface area contributed by atoms with Gasteiger partial charge in [0.1, 0.15) is 0 Å². The Labute approximate surface area is 128 Å². The Hall–Kier alpha value is -0.610. The van der Waals surface area contributed by atoms with Gasteiger partial charge in [0, 0.05) is 18.6 Å². The van der Waals surface area contributed by atoms with Crippen LogP contribution in [0.15, 0.2) is 0 Å². The average molecular weight is 294 g/mol. The third-order valence-corrected chi connectivity index (χ3v) is 5.31. The third-order valence-electron chi connectivity index (χ3n) is 5.31. The minimum atomic E-state index is 0.0362. The highest BCUT2D eigenvalue weighted by molar-refractivity contribution is 5.80. The predicted octanol–water partition coefficient (Wildman–Crippen LogP) is 2.18. The van der Waals surface area contributed by atoms with Gasteiger partial charge in [-0.25, -0.2) is 0 Å². The number of nitrogens with zero attached hydrogens (tertiary/aromatic N) is 1. The number of rotatable bonds is 6. The summed E-state index contributed by atoms with van der Waals surface area (Å²) in [4.78, 5) is 15.2. The number of ether oxygens (including phenoxy) is 1. The van der Waals surface area contributed by atoms with Gasteiger partial charge in [-0.05, 0) is 38.1 Å². The second-order valence-electron chi connectivity index (χ2n) is 7.03. The molecule has 2 saturated carbocycles. The van der Waals surface area contributed by atoms with Gasteiger partial charge in [0.05, 0.1) is 19.1 Å². The first-order chi connectivity index (χ1) is 10.3. The Kier molecular flexibility index (Phi) is 5.17. The van der Waals surface area contributed by atoms with Crippen molar-refractivity contribution in [2.45, 2.75) is 64.0 Å². The minimum absolute atomic E-state index is 0.0362. The third kappa shape index (κ3) is 3.78. The Morgan fingerprint density at radius 3 is 2.57 bits per heavy atom. The van der Waals surface area contributed by atoms with E-state index in [-0.39, 0.29) is 12.0 Å². The topological polar surface area (TPSA) is 41.6 Å². The van der Waals surface area contributed by atoms with E-state index in [1.807, 2.05) is 0 Å². The minimum Gasteiger partial charge on any atom is -0.379 e. The summed E-state index contributed by atoms with van der Waals surface area (Å²) in [6.45, 7) is 5.29. The Morgan fingerprint density at radius 2 is 1.90 bits per heavy atom. The molecule has 0 aromatic carbocycles. The molecule has 0 aromatic rings. The summed E-state index contributed by atoms with van der Waals surface area (Å²) in [5.74, 6) is 1.13. The Morgan fingerprint density at radius 1 is 1.14 bits per heavy atom. The fraction of sp³-hybridized carbons (Fsp3) is 0.941. The largest absolute Gasteiger partial charge is 0.379 e. The van der Waals surface area contributed by atoms with Crippen molar-refractivity contribution in [2.75, 3.05) is 26.3 Å². The molecule has 4 nitrogen and oxygen atoms in total. The van der Waals surface area contributed by atoms with Gasteiger partial charge in [-0.1, -0.05) is 26.2 Å². The molecule has 3 aliphatic rings. The van der Waals surface area contributed by atoms with E-state index in [1.54, 1.807) is 0 Å². The lowest BCUT2D eigenvalue weighted by atomic mass is 9.88. The first-order valence-corrected chi connectivity index (χ1v) is 8.91. The summed E-state index contributed by atoms with van der Waals surface area (Å²) in [6, 6.07) is 0.748. The van der Waals surface area contributed by atoms with Crippen molar-refractivity contribution in [1.82, 2.24) is 10.2 Å². The van der Waals surface area contributed by atoms with Gasteiger partial charge < -0.3 is 15.0 Å². The molecular formula is C17H30N2O2. The molecule has 1 heterocycles. The number of carbonyl (C=O) groups excluding carboxylic acids is 1. The van der Waals surface area contributed by atoms with Crippen LogP contribution in [0.1, 0.15) is 51.9 Å². The van der Waals surface area contributed by atoms with Crippen molar-refractivity contribution in [1.29, 1.82) is 0 Å². The molecular weight excluding hydrogens is 264 g/mol. The first-order valence-electron chi connectivity index (χ1n) is 8.91. The van der Waals surface area contributed by atoms with Gasteiger partial charge in [0.2, 0.25) is 5.91 Å². The molecule has 2 atom stereocenters. The van der Waals surface area contributed by atoms with Gasteiger partial charge in [0.25, 0.3) is 0 Å². The maximum atomic E-state index is 13.0. The Bertz CT molecular complexity index is 351. The van der Waals surface area contributed by atoms with E-state index in [0.29, 0.717) is 25.2 Å². The fourth-order valence-corrected chi connectivity index (χ4v) is 3.93. The van der Waals surface area contributed by atoms with Crippen molar-refractivity contribution >= 4 is 5.91 Å². The van der Waals surface area contributed by atoms with Crippen LogP contribution in [0.3, 0.4) is 0 Å². The zero-order valence-electron chi connectivity index (χ0n) is 13.4. The molecule has 0 aromatic heterocycles. The number of nitrogens with one attached hydrogen (secondary N) is 1. The smallest absolute Gasteiger partial charge is 0.229 e. The van der Waals surface area contributed by atoms with E-state index < -0.39 is 0 Å². The maximum Gasteiger partial charge on any atom is 0.229 e. The second-order valence-corrected chi connectivity index (χ2v) is 7.03. The van der Waals surface area contributed by atoms with Crippen molar-refractivity contribution in [3.63, 3.8) is 0 Å². The van der Waals surface area contributed by atoms with Crippen LogP contribution < -0.4 is 5.32 Å². The molecule has 0 spiro atoms. The predicted molar refractivity (Wildman–Crippen MR) is 83.1 cm³/mol. The number of carbonyl (C=O) groups is 1. The van der Waals surface area contributed by atoms with Gasteiger partial charge in [-0.2, -0.15) is 0 Å². The molecule has 21 heavy (non-hydrogen) atoms. The second kappa shape index (κ2) is 7.10. The lowest BCUT2D eigenvalue weighted by molar-refractivity contribution is -0.137. The maximum absolute atomic E-state index is 13.0. The van der Waals surface area contributed by atoms with E-state index in [9.17, 15) is 4.79 Å². The lowest BCUT2D eigenvalue weighted by Crippen LogP contribution is -2.48. The van der Waals surface area contributed by atoms with E-state index in [1.165, 1.54) is 44.9 Å². The van der Waals surface area contributed by atoms with Crippen molar-refractivity contribution in [3.05, 3.63) is 0 Å². The van der Waals surface area contributed by atoms with Crippen LogP contribution in [0.25, 0.3) is 0 Å². The van der Waals surface area contributed by atoms with Gasteiger partial charge in [-0.15, -0.1) is 0 Å². The normalized spacial score (nSPS) is 30.5. The van der Waals surface area contributed by atoms with Gasteiger partial charge >= 0.3 is 0 Å². The van der Waals surface area contributed by atoms with Crippen LogP contribution in [0.5, 0.6) is 0 Å². The van der Waals surface area contributed by atoms with Crippen LogP contribution in [-0.2, 0) is 9.53 Å². The summed E-state index contributed by atoms with van der Waals surface area (Å²) in [5.41, 5.74) is 0. The zero-order valence-corrected chi connectivity index (χ0v) is 13.4. The van der Waals surface area contributed by atoms with Crippen LogP contribution in [0.4, 0.5) is 0 Å². The van der Waals surface area contributed by atoms with Gasteiger partial charge in [-0.3, -0.25) is 4.79 Å². The molecule has 2 aliphatic carbocycles. The highest BCUT2D eigenvalue weighted by Crippen LogP contribution is 2.33. The van der Waals surface area contributed by atoms with Crippen molar-refractivity contribution < 1.29 is 9.53 Å². The lowest BCUT2D eigenvalue weighted by Gasteiger charge is -2.32. The number of hydrogen-bond donors (Lipinski definition) is 1. The molecule has 0 bridgehead atoms. The summed E-state index contributed by atoms with van der Waals surface area (Å²) in [6.07, 6.45) is 9.12. The molecule has 2 unspecified atom stereocenters. The standard InChI is InChI=1S/C17H30N2O2/c1-2-18-16-12-21-11-15(16)17(20)19(14-8-9-14)10-13-6-4-3-5-7-13/h13-16,18H,2-12H2,1H3. The molecule has 1 saturated heterocycles. The molecule has 120 valence electrons. The molecule has 1 aliphatic heterocycles. The highest BCUT2D eigenvalue weighted by Gasteiger charge is 2.41. The Balaban J connectivity index is 1.61. The van der Waals surface area contributed by atoms with Crippen molar-refractivity contribution in [3.8, 4) is 0 Å². The number of hydrogen-bond acceptors (Lipinski definition) is 3. The van der Waals surface area contributed by atoms with E-state index >= 15 is 0 Å². The van der Waals surface area contributed by atoms with Crippen LogP contribution in [0.2, 0.25) is 0 Å². The number of amides is 1. The zero-order chi connectivity index (χ0) is 14.7. The highest BCUT2D eigenvalue weighted by atomic mass is 16.5. The van der Waals surface area contributed by atoms with Gasteiger partial charge in [0.15, 0.2) is 0 Å². The average Bonchev–Trinajstić information content (AvgIpc) is 3.25. The van der Waals surface area contributed by atoms with E-state index in [0.717, 1.165) is 19.0 Å². The first kappa shape index (κ1) is 15.3. The summed E-state index contributed by atoms with van der Waals surface area (Å²) < 4.78 is 5.57. The quantitative estimate of drug-likeness (QED) is 0.816. The summed E-state index contributed by atoms with van der Waals surface area (Å²) in [5, 5.41) is 3.42.